The van der Waals surface area contributed by atoms with Crippen LogP contribution in [0.15, 0.2) is 24.5 Å². The number of ether oxygens (including phenoxy) is 1. The van der Waals surface area contributed by atoms with Gasteiger partial charge in [-0.1, -0.05) is 0 Å². The molecule has 1 aromatic rings. The van der Waals surface area contributed by atoms with Crippen molar-refractivity contribution in [1.82, 2.24) is 9.88 Å². The van der Waals surface area contributed by atoms with Gasteiger partial charge in [-0.2, -0.15) is 0 Å². The molecule has 1 N–H and O–H groups in total. The maximum Gasteiger partial charge on any atom is 0.251 e. The van der Waals surface area contributed by atoms with Gasteiger partial charge in [-0.05, 0) is 49.3 Å². The van der Waals surface area contributed by atoms with Gasteiger partial charge >= 0.3 is 0 Å². The second-order valence-electron chi connectivity index (χ2n) is 6.58. The number of hydrogen-bond donors (Lipinski definition) is 1. The fourth-order valence-corrected chi connectivity index (χ4v) is 3.27. The highest BCUT2D eigenvalue weighted by Crippen LogP contribution is 2.36. The molecule has 2 aliphatic rings. The molecular formula is C17H24N2O3. The first-order valence-corrected chi connectivity index (χ1v) is 8.04. The van der Waals surface area contributed by atoms with Gasteiger partial charge in [0, 0.05) is 39.0 Å². The van der Waals surface area contributed by atoms with E-state index in [1.807, 2.05) is 17.0 Å². The van der Waals surface area contributed by atoms with E-state index in [0.29, 0.717) is 38.3 Å². The first kappa shape index (κ1) is 15.4. The summed E-state index contributed by atoms with van der Waals surface area (Å²) in [6, 6.07) is 3.87. The van der Waals surface area contributed by atoms with Crippen LogP contribution in [0.4, 0.5) is 0 Å². The fraction of sp³-hybridized carbons (Fsp3) is 0.647. The molecule has 0 aromatic carbocycles. The maximum absolute atomic E-state index is 12.5. The van der Waals surface area contributed by atoms with Gasteiger partial charge in [-0.15, -0.1) is 0 Å². The molecule has 0 bridgehead atoms. The zero-order valence-electron chi connectivity index (χ0n) is 13.1. The third kappa shape index (κ3) is 3.47. The predicted octanol–water partition coefficient (Wildman–Crippen LogP) is 1.40. The largest absolute Gasteiger partial charge is 0.389 e. The quantitative estimate of drug-likeness (QED) is 0.893. The number of amides is 1. The van der Waals surface area contributed by atoms with Gasteiger partial charge in [0.25, 0.3) is 5.91 Å². The summed E-state index contributed by atoms with van der Waals surface area (Å²) in [6.45, 7) is 1.21. The fourth-order valence-electron chi connectivity index (χ4n) is 3.27. The van der Waals surface area contributed by atoms with Gasteiger partial charge in [-0.3, -0.25) is 9.78 Å². The molecule has 1 saturated heterocycles. The lowest BCUT2D eigenvalue weighted by molar-refractivity contribution is -0.147. The topological polar surface area (TPSA) is 62.7 Å². The molecule has 5 heteroatoms. The summed E-state index contributed by atoms with van der Waals surface area (Å²) in [4.78, 5) is 18.3. The van der Waals surface area contributed by atoms with E-state index in [9.17, 15) is 9.90 Å². The first-order valence-electron chi connectivity index (χ1n) is 8.04. The molecule has 2 fully saturated rings. The number of methoxy groups -OCH3 is 1. The molecule has 5 nitrogen and oxygen atoms in total. The summed E-state index contributed by atoms with van der Waals surface area (Å²) in [5.41, 5.74) is 0.366. The number of piperidine rings is 1. The summed E-state index contributed by atoms with van der Waals surface area (Å²) in [7, 11) is 1.62. The van der Waals surface area contributed by atoms with Crippen LogP contribution in [0, 0.1) is 5.92 Å². The van der Waals surface area contributed by atoms with E-state index in [0.717, 1.165) is 18.4 Å². The molecule has 120 valence electrons. The number of aromatic nitrogens is 1. The minimum atomic E-state index is -0.722. The average Bonchev–Trinajstić information content (AvgIpc) is 3.34. The van der Waals surface area contributed by atoms with Crippen molar-refractivity contribution < 1.29 is 14.6 Å². The third-order valence-corrected chi connectivity index (χ3v) is 4.84. The monoisotopic (exact) mass is 304 g/mol. The standard InChI is InChI=1S/C17H24N2O3/c1-22-15(14-2-3-14)16(20)19-10-6-17(21,7-11-19)12-13-4-8-18-9-5-13/h4-5,8-9,14-15,21H,2-3,6-7,10-12H2,1H3. The molecule has 0 radical (unpaired) electrons. The van der Waals surface area contributed by atoms with Crippen molar-refractivity contribution >= 4 is 5.91 Å². The second-order valence-corrected chi connectivity index (χ2v) is 6.58. The molecule has 1 aromatic heterocycles. The number of likely N-dealkylation sites (tertiary alicyclic amines) is 1. The Balaban J connectivity index is 1.56. The van der Waals surface area contributed by atoms with E-state index in [-0.39, 0.29) is 12.0 Å². The van der Waals surface area contributed by atoms with Crippen LogP contribution in [0.1, 0.15) is 31.2 Å². The lowest BCUT2D eigenvalue weighted by atomic mass is 9.85. The smallest absolute Gasteiger partial charge is 0.251 e. The van der Waals surface area contributed by atoms with Crippen LogP contribution < -0.4 is 0 Å². The Morgan fingerprint density at radius 2 is 2.05 bits per heavy atom. The van der Waals surface area contributed by atoms with E-state index in [1.165, 1.54) is 0 Å². The molecule has 3 rings (SSSR count). The lowest BCUT2D eigenvalue weighted by Crippen LogP contribution is -2.51. The lowest BCUT2D eigenvalue weighted by Gasteiger charge is -2.39. The van der Waals surface area contributed by atoms with Crippen LogP contribution in [0.25, 0.3) is 0 Å². The first-order chi connectivity index (χ1) is 10.6. The summed E-state index contributed by atoms with van der Waals surface area (Å²) in [5, 5.41) is 10.8. The zero-order valence-corrected chi connectivity index (χ0v) is 13.1. The van der Waals surface area contributed by atoms with Crippen molar-refractivity contribution in [1.29, 1.82) is 0 Å². The Hall–Kier alpha value is -1.46. The van der Waals surface area contributed by atoms with Crippen molar-refractivity contribution in [3.63, 3.8) is 0 Å². The van der Waals surface area contributed by atoms with Crippen molar-refractivity contribution in [3.05, 3.63) is 30.1 Å². The van der Waals surface area contributed by atoms with Gasteiger partial charge in [0.15, 0.2) is 0 Å². The van der Waals surface area contributed by atoms with Crippen molar-refractivity contribution in [3.8, 4) is 0 Å². The average molecular weight is 304 g/mol. The van der Waals surface area contributed by atoms with Crippen LogP contribution in [0.5, 0.6) is 0 Å². The summed E-state index contributed by atoms with van der Waals surface area (Å²) in [5.74, 6) is 0.492. The number of pyridine rings is 1. The third-order valence-electron chi connectivity index (χ3n) is 4.84. The summed E-state index contributed by atoms with van der Waals surface area (Å²) in [6.07, 6.45) is 7.23. The van der Waals surface area contributed by atoms with Crippen LogP contribution in [-0.4, -0.2) is 52.8 Å². The highest BCUT2D eigenvalue weighted by Gasteiger charge is 2.41. The van der Waals surface area contributed by atoms with Crippen LogP contribution in [0.2, 0.25) is 0 Å². The summed E-state index contributed by atoms with van der Waals surface area (Å²) < 4.78 is 5.38. The maximum atomic E-state index is 12.5. The minimum Gasteiger partial charge on any atom is -0.389 e. The Labute approximate surface area is 131 Å². The van der Waals surface area contributed by atoms with Crippen LogP contribution in [0.3, 0.4) is 0 Å². The molecule has 1 saturated carbocycles. The highest BCUT2D eigenvalue weighted by molar-refractivity contribution is 5.81. The van der Waals surface area contributed by atoms with Gasteiger partial charge in [0.2, 0.25) is 0 Å². The van der Waals surface area contributed by atoms with Gasteiger partial charge in [0.1, 0.15) is 6.10 Å². The normalized spacial score (nSPS) is 22.4. The van der Waals surface area contributed by atoms with E-state index >= 15 is 0 Å². The van der Waals surface area contributed by atoms with E-state index < -0.39 is 5.60 Å². The summed E-state index contributed by atoms with van der Waals surface area (Å²) >= 11 is 0. The van der Waals surface area contributed by atoms with E-state index in [1.54, 1.807) is 19.5 Å². The Morgan fingerprint density at radius 1 is 1.41 bits per heavy atom. The minimum absolute atomic E-state index is 0.0935. The molecule has 1 atom stereocenters. The molecule has 1 amide bonds. The molecule has 2 heterocycles. The number of carbonyl (C=O) groups is 1. The van der Waals surface area contributed by atoms with Gasteiger partial charge in [-0.25, -0.2) is 0 Å². The molecular weight excluding hydrogens is 280 g/mol. The molecule has 0 spiro atoms. The number of rotatable bonds is 5. The molecule has 22 heavy (non-hydrogen) atoms. The molecule has 1 aliphatic heterocycles. The van der Waals surface area contributed by atoms with Crippen molar-refractivity contribution in [2.24, 2.45) is 5.92 Å². The number of aliphatic hydroxyl groups is 1. The number of carbonyl (C=O) groups excluding carboxylic acids is 1. The van der Waals surface area contributed by atoms with Crippen molar-refractivity contribution in [2.75, 3.05) is 20.2 Å². The SMILES string of the molecule is COC(C(=O)N1CCC(O)(Cc2ccncc2)CC1)C1CC1. The Bertz CT molecular complexity index is 508. The zero-order chi connectivity index (χ0) is 15.6. The predicted molar refractivity (Wildman–Crippen MR) is 82.2 cm³/mol. The second kappa shape index (κ2) is 6.34. The number of nitrogens with zero attached hydrogens (tertiary/aromatic N) is 2. The van der Waals surface area contributed by atoms with E-state index in [2.05, 4.69) is 4.98 Å². The van der Waals surface area contributed by atoms with Gasteiger partial charge in [0.05, 0.1) is 5.60 Å². The van der Waals surface area contributed by atoms with Crippen LogP contribution in [-0.2, 0) is 16.0 Å². The number of hydrogen-bond acceptors (Lipinski definition) is 4. The highest BCUT2D eigenvalue weighted by atomic mass is 16.5. The van der Waals surface area contributed by atoms with Crippen molar-refractivity contribution in [2.45, 2.75) is 43.8 Å². The Kier molecular flexibility index (Phi) is 4.45. The van der Waals surface area contributed by atoms with Crippen LogP contribution >= 0.6 is 0 Å². The van der Waals surface area contributed by atoms with Gasteiger partial charge < -0.3 is 14.7 Å². The van der Waals surface area contributed by atoms with E-state index in [4.69, 9.17) is 4.74 Å². The Morgan fingerprint density at radius 3 is 2.59 bits per heavy atom. The molecule has 1 aliphatic carbocycles. The molecule has 1 unspecified atom stereocenters.